The van der Waals surface area contributed by atoms with Crippen molar-refractivity contribution in [2.75, 3.05) is 6.61 Å². The molecule has 4 nitrogen and oxygen atoms in total. The Hall–Kier alpha value is -0.160. The van der Waals surface area contributed by atoms with Crippen LogP contribution < -0.4 is 6.15 Å². The molecule has 0 fully saturated rings. The van der Waals surface area contributed by atoms with Gasteiger partial charge in [-0.05, 0) is 6.92 Å². The van der Waals surface area contributed by atoms with E-state index >= 15 is 0 Å². The van der Waals surface area contributed by atoms with Gasteiger partial charge in [-0.25, -0.2) is 0 Å². The molecule has 5 N–H and O–H groups in total. The predicted octanol–water partition coefficient (Wildman–Crippen LogP) is -0.157. The monoisotopic (exact) mass is 123 g/mol. The summed E-state index contributed by atoms with van der Waals surface area (Å²) in [6, 6.07) is 0. The Balaban J connectivity index is 0. The summed E-state index contributed by atoms with van der Waals surface area (Å²) in [5, 5.41) is 16.7. The van der Waals surface area contributed by atoms with Crippen molar-refractivity contribution in [3.8, 4) is 0 Å². The fourth-order valence-electron chi connectivity index (χ4n) is 0.273. The SMILES string of the molecule is CCOC(C)(O)O.N. The van der Waals surface area contributed by atoms with Crippen LogP contribution in [0.15, 0.2) is 0 Å². The summed E-state index contributed by atoms with van der Waals surface area (Å²) in [6.07, 6.45) is 0. The molecule has 0 aromatic rings. The first-order valence-electron chi connectivity index (χ1n) is 2.15. The molecule has 0 atom stereocenters. The summed E-state index contributed by atoms with van der Waals surface area (Å²) < 4.78 is 4.34. The second-order valence-corrected chi connectivity index (χ2v) is 1.37. The standard InChI is InChI=1S/C4H10O3.H3N/c1-3-7-4(2,5)6;/h5-6H,3H2,1-2H3;1H3. The molecule has 0 aromatic carbocycles. The van der Waals surface area contributed by atoms with Crippen molar-refractivity contribution in [1.29, 1.82) is 0 Å². The number of hydrogen-bond acceptors (Lipinski definition) is 4. The van der Waals surface area contributed by atoms with Gasteiger partial charge in [-0.3, -0.25) is 0 Å². The largest absolute Gasteiger partial charge is 0.344 e. The Labute approximate surface area is 48.7 Å². The molecule has 0 aromatic heterocycles. The van der Waals surface area contributed by atoms with Gasteiger partial charge in [0.25, 0.3) is 5.97 Å². The van der Waals surface area contributed by atoms with Gasteiger partial charge in [0.05, 0.1) is 0 Å². The Morgan fingerprint density at radius 2 is 1.88 bits per heavy atom. The second-order valence-electron chi connectivity index (χ2n) is 1.37. The van der Waals surface area contributed by atoms with Gasteiger partial charge >= 0.3 is 0 Å². The van der Waals surface area contributed by atoms with Crippen LogP contribution in [0.3, 0.4) is 0 Å². The molecule has 0 aliphatic heterocycles. The van der Waals surface area contributed by atoms with Crippen molar-refractivity contribution in [2.45, 2.75) is 19.8 Å². The highest BCUT2D eigenvalue weighted by molar-refractivity contribution is 4.31. The topological polar surface area (TPSA) is 84.7 Å². The fraction of sp³-hybridized carbons (Fsp3) is 1.00. The fourth-order valence-corrected chi connectivity index (χ4v) is 0.273. The maximum Gasteiger partial charge on any atom is 0.274 e. The second kappa shape index (κ2) is 3.80. The number of ether oxygens (including phenoxy) is 1. The van der Waals surface area contributed by atoms with Gasteiger partial charge in [-0.2, -0.15) is 0 Å². The first-order chi connectivity index (χ1) is 3.06. The minimum absolute atomic E-state index is 0. The minimum atomic E-state index is -1.95. The lowest BCUT2D eigenvalue weighted by Crippen LogP contribution is -2.26. The normalized spacial score (nSPS) is 10.5. The first kappa shape index (κ1) is 10.8. The number of hydrogen-bond donors (Lipinski definition) is 3. The zero-order valence-electron chi connectivity index (χ0n) is 5.22. The zero-order valence-corrected chi connectivity index (χ0v) is 5.22. The van der Waals surface area contributed by atoms with Crippen LogP contribution in [0.4, 0.5) is 0 Å². The van der Waals surface area contributed by atoms with Crippen molar-refractivity contribution >= 4 is 0 Å². The zero-order chi connectivity index (χ0) is 5.91. The molecule has 4 heteroatoms. The third-order valence-electron chi connectivity index (χ3n) is 0.418. The van der Waals surface area contributed by atoms with Crippen molar-refractivity contribution < 1.29 is 14.9 Å². The molecule has 0 radical (unpaired) electrons. The van der Waals surface area contributed by atoms with E-state index in [1.54, 1.807) is 6.92 Å². The van der Waals surface area contributed by atoms with Crippen LogP contribution in [0.1, 0.15) is 13.8 Å². The quantitative estimate of drug-likeness (QED) is 0.445. The van der Waals surface area contributed by atoms with E-state index in [0.29, 0.717) is 6.61 Å². The molecule has 0 aliphatic carbocycles. The highest BCUT2D eigenvalue weighted by Gasteiger charge is 2.12. The lowest BCUT2D eigenvalue weighted by atomic mass is 10.6. The van der Waals surface area contributed by atoms with Gasteiger partial charge in [0, 0.05) is 13.5 Å². The van der Waals surface area contributed by atoms with E-state index in [-0.39, 0.29) is 6.15 Å². The highest BCUT2D eigenvalue weighted by Crippen LogP contribution is 1.96. The molecule has 52 valence electrons. The molecule has 0 unspecified atom stereocenters. The molecule has 8 heavy (non-hydrogen) atoms. The van der Waals surface area contributed by atoms with Crippen molar-refractivity contribution in [2.24, 2.45) is 0 Å². The Kier molecular flexibility index (Phi) is 5.10. The first-order valence-corrected chi connectivity index (χ1v) is 2.15. The summed E-state index contributed by atoms with van der Waals surface area (Å²) in [5.74, 6) is -1.95. The number of rotatable bonds is 2. The van der Waals surface area contributed by atoms with Gasteiger partial charge in [0.1, 0.15) is 0 Å². The van der Waals surface area contributed by atoms with E-state index in [9.17, 15) is 0 Å². The summed E-state index contributed by atoms with van der Waals surface area (Å²) in [5.41, 5.74) is 0. The van der Waals surface area contributed by atoms with Crippen LogP contribution in [-0.2, 0) is 4.74 Å². The molecule has 0 saturated carbocycles. The molecule has 0 amide bonds. The van der Waals surface area contributed by atoms with Crippen LogP contribution in [0, 0.1) is 0 Å². The summed E-state index contributed by atoms with van der Waals surface area (Å²) >= 11 is 0. The van der Waals surface area contributed by atoms with Gasteiger partial charge in [-0.15, -0.1) is 0 Å². The van der Waals surface area contributed by atoms with Crippen LogP contribution >= 0.6 is 0 Å². The van der Waals surface area contributed by atoms with E-state index in [0.717, 1.165) is 6.92 Å². The average Bonchev–Trinajstić information content (AvgIpc) is 1.30. The third kappa shape index (κ3) is 9.28. The molecular weight excluding hydrogens is 110 g/mol. The average molecular weight is 123 g/mol. The Bertz CT molecular complexity index is 49.7. The molecule has 0 aliphatic rings. The summed E-state index contributed by atoms with van der Waals surface area (Å²) in [6.45, 7) is 3.16. The van der Waals surface area contributed by atoms with E-state index < -0.39 is 5.97 Å². The van der Waals surface area contributed by atoms with E-state index in [2.05, 4.69) is 4.74 Å². The van der Waals surface area contributed by atoms with E-state index in [4.69, 9.17) is 10.2 Å². The lowest BCUT2D eigenvalue weighted by molar-refractivity contribution is -0.323. The van der Waals surface area contributed by atoms with Crippen molar-refractivity contribution in [1.82, 2.24) is 6.15 Å². The summed E-state index contributed by atoms with van der Waals surface area (Å²) in [7, 11) is 0. The molecule has 0 rings (SSSR count). The van der Waals surface area contributed by atoms with Crippen molar-refractivity contribution in [3.63, 3.8) is 0 Å². The predicted molar refractivity (Wildman–Crippen MR) is 29.5 cm³/mol. The van der Waals surface area contributed by atoms with Gasteiger partial charge in [0.15, 0.2) is 0 Å². The van der Waals surface area contributed by atoms with Crippen LogP contribution in [0.25, 0.3) is 0 Å². The van der Waals surface area contributed by atoms with E-state index in [1.165, 1.54) is 0 Å². The maximum absolute atomic E-state index is 8.35. The molecule has 0 bridgehead atoms. The van der Waals surface area contributed by atoms with Crippen LogP contribution in [0.2, 0.25) is 0 Å². The maximum atomic E-state index is 8.35. The van der Waals surface area contributed by atoms with E-state index in [1.807, 2.05) is 0 Å². The summed E-state index contributed by atoms with van der Waals surface area (Å²) in [4.78, 5) is 0. The van der Waals surface area contributed by atoms with Gasteiger partial charge in [0.2, 0.25) is 0 Å². The van der Waals surface area contributed by atoms with Crippen LogP contribution in [0.5, 0.6) is 0 Å². The third-order valence-corrected chi connectivity index (χ3v) is 0.418. The van der Waals surface area contributed by atoms with Gasteiger partial charge < -0.3 is 21.1 Å². The Morgan fingerprint density at radius 1 is 1.50 bits per heavy atom. The minimum Gasteiger partial charge on any atom is -0.344 e. The van der Waals surface area contributed by atoms with Gasteiger partial charge in [-0.1, -0.05) is 0 Å². The molecule has 0 heterocycles. The smallest absolute Gasteiger partial charge is 0.274 e. The molecular formula is C4H13NO3. The lowest BCUT2D eigenvalue weighted by Gasteiger charge is -2.13. The molecule has 0 spiro atoms. The highest BCUT2D eigenvalue weighted by atomic mass is 16.8. The Morgan fingerprint density at radius 3 is 1.88 bits per heavy atom. The van der Waals surface area contributed by atoms with Crippen LogP contribution in [-0.4, -0.2) is 22.8 Å². The number of aliphatic hydroxyl groups is 2. The van der Waals surface area contributed by atoms with Crippen molar-refractivity contribution in [3.05, 3.63) is 0 Å². The molecule has 0 saturated heterocycles.